The van der Waals surface area contributed by atoms with Gasteiger partial charge in [0.15, 0.2) is 0 Å². The molecule has 0 radical (unpaired) electrons. The lowest BCUT2D eigenvalue weighted by Crippen LogP contribution is -2.15. The first-order chi connectivity index (χ1) is 13.0. The number of hydrogen-bond acceptors (Lipinski definition) is 4. The molecular formula is C20H16BrN3O3. The van der Waals surface area contributed by atoms with Gasteiger partial charge in [-0.3, -0.25) is 9.59 Å². The van der Waals surface area contributed by atoms with Gasteiger partial charge in [0, 0.05) is 27.5 Å². The Bertz CT molecular complexity index is 957. The van der Waals surface area contributed by atoms with E-state index in [4.69, 9.17) is 4.74 Å². The maximum Gasteiger partial charge on any atom is 0.256 e. The maximum absolute atomic E-state index is 12.4. The fourth-order valence-corrected chi connectivity index (χ4v) is 2.56. The smallest absolute Gasteiger partial charge is 0.256 e. The highest BCUT2D eigenvalue weighted by molar-refractivity contribution is 9.10. The summed E-state index contributed by atoms with van der Waals surface area (Å²) in [6.07, 6.45) is 1.60. The Hall–Kier alpha value is -3.19. The van der Waals surface area contributed by atoms with Crippen LogP contribution < -0.4 is 15.4 Å². The molecule has 27 heavy (non-hydrogen) atoms. The molecule has 0 aliphatic carbocycles. The zero-order valence-corrected chi connectivity index (χ0v) is 16.0. The van der Waals surface area contributed by atoms with E-state index >= 15 is 0 Å². The molecule has 136 valence electrons. The van der Waals surface area contributed by atoms with Crippen molar-refractivity contribution in [1.82, 2.24) is 4.98 Å². The van der Waals surface area contributed by atoms with E-state index in [0.29, 0.717) is 28.4 Å². The number of methoxy groups -OCH3 is 1. The van der Waals surface area contributed by atoms with Crippen LogP contribution in [0.1, 0.15) is 20.7 Å². The summed E-state index contributed by atoms with van der Waals surface area (Å²) in [6, 6.07) is 16.9. The number of ether oxygens (including phenoxy) is 1. The third kappa shape index (κ3) is 4.92. The second-order valence-electron chi connectivity index (χ2n) is 5.58. The number of aromatic nitrogens is 1. The van der Waals surface area contributed by atoms with E-state index in [1.807, 2.05) is 0 Å². The Morgan fingerprint density at radius 2 is 1.67 bits per heavy atom. The minimum absolute atomic E-state index is 0.273. The molecule has 2 N–H and O–H groups in total. The van der Waals surface area contributed by atoms with Crippen LogP contribution in [0.4, 0.5) is 11.5 Å². The van der Waals surface area contributed by atoms with Gasteiger partial charge in [0.05, 0.1) is 7.11 Å². The van der Waals surface area contributed by atoms with Crippen LogP contribution in [0, 0.1) is 0 Å². The average Bonchev–Trinajstić information content (AvgIpc) is 2.70. The highest BCUT2D eigenvalue weighted by Gasteiger charge is 2.10. The predicted octanol–water partition coefficient (Wildman–Crippen LogP) is 4.36. The van der Waals surface area contributed by atoms with Crippen molar-refractivity contribution in [2.75, 3.05) is 17.7 Å². The van der Waals surface area contributed by atoms with E-state index in [1.54, 1.807) is 74.0 Å². The SMILES string of the molecule is COc1ccc(C(=O)Nc2cccc(C(=O)Nc3ccc(Br)cn3)c2)cc1. The Kier molecular flexibility index (Phi) is 5.83. The molecule has 1 aromatic heterocycles. The van der Waals surface area contributed by atoms with Gasteiger partial charge in [-0.25, -0.2) is 4.98 Å². The number of rotatable bonds is 5. The largest absolute Gasteiger partial charge is 0.497 e. The van der Waals surface area contributed by atoms with E-state index in [0.717, 1.165) is 4.47 Å². The molecule has 0 bridgehead atoms. The third-order valence-electron chi connectivity index (χ3n) is 3.70. The van der Waals surface area contributed by atoms with Crippen LogP contribution in [0.5, 0.6) is 5.75 Å². The summed E-state index contributed by atoms with van der Waals surface area (Å²) in [5, 5.41) is 5.49. The van der Waals surface area contributed by atoms with Crippen LogP contribution in [-0.4, -0.2) is 23.9 Å². The molecular weight excluding hydrogens is 410 g/mol. The van der Waals surface area contributed by atoms with Gasteiger partial charge < -0.3 is 15.4 Å². The van der Waals surface area contributed by atoms with Gasteiger partial charge in [-0.05, 0) is 70.5 Å². The van der Waals surface area contributed by atoms with E-state index in [2.05, 4.69) is 31.5 Å². The van der Waals surface area contributed by atoms with Crippen LogP contribution in [0.25, 0.3) is 0 Å². The zero-order valence-electron chi connectivity index (χ0n) is 14.4. The van der Waals surface area contributed by atoms with Crippen molar-refractivity contribution < 1.29 is 14.3 Å². The highest BCUT2D eigenvalue weighted by Crippen LogP contribution is 2.16. The molecule has 7 heteroatoms. The number of carbonyl (C=O) groups is 2. The van der Waals surface area contributed by atoms with Crippen LogP contribution in [-0.2, 0) is 0 Å². The lowest BCUT2D eigenvalue weighted by molar-refractivity contribution is 0.101. The van der Waals surface area contributed by atoms with E-state index < -0.39 is 0 Å². The van der Waals surface area contributed by atoms with Gasteiger partial charge in [-0.2, -0.15) is 0 Å². The average molecular weight is 426 g/mol. The highest BCUT2D eigenvalue weighted by atomic mass is 79.9. The van der Waals surface area contributed by atoms with Crippen molar-refractivity contribution in [3.05, 3.63) is 82.5 Å². The molecule has 0 saturated heterocycles. The van der Waals surface area contributed by atoms with E-state index in [9.17, 15) is 9.59 Å². The number of pyridine rings is 1. The van der Waals surface area contributed by atoms with Gasteiger partial charge in [0.2, 0.25) is 0 Å². The molecule has 3 rings (SSSR count). The van der Waals surface area contributed by atoms with Crippen molar-refractivity contribution >= 4 is 39.2 Å². The summed E-state index contributed by atoms with van der Waals surface area (Å²) in [4.78, 5) is 28.8. The van der Waals surface area contributed by atoms with E-state index in [-0.39, 0.29) is 11.8 Å². The Labute approximate surface area is 164 Å². The molecule has 0 spiro atoms. The molecule has 0 aliphatic rings. The van der Waals surface area contributed by atoms with E-state index in [1.165, 1.54) is 0 Å². The molecule has 0 unspecified atom stereocenters. The quantitative estimate of drug-likeness (QED) is 0.636. The van der Waals surface area contributed by atoms with Gasteiger partial charge in [-0.1, -0.05) is 6.07 Å². The number of carbonyl (C=O) groups excluding carboxylic acids is 2. The Morgan fingerprint density at radius 1 is 0.926 bits per heavy atom. The molecule has 3 aromatic rings. The molecule has 0 saturated carbocycles. The van der Waals surface area contributed by atoms with Crippen LogP contribution in [0.15, 0.2) is 71.3 Å². The number of nitrogens with zero attached hydrogens (tertiary/aromatic N) is 1. The maximum atomic E-state index is 12.4. The third-order valence-corrected chi connectivity index (χ3v) is 4.17. The second-order valence-corrected chi connectivity index (χ2v) is 6.49. The molecule has 2 amide bonds. The normalized spacial score (nSPS) is 10.1. The fourth-order valence-electron chi connectivity index (χ4n) is 2.32. The lowest BCUT2D eigenvalue weighted by Gasteiger charge is -2.09. The summed E-state index contributed by atoms with van der Waals surface area (Å²) in [7, 11) is 1.56. The first-order valence-electron chi connectivity index (χ1n) is 8.03. The summed E-state index contributed by atoms with van der Waals surface area (Å²) in [5.74, 6) is 0.526. The fraction of sp³-hybridized carbons (Fsp3) is 0.0500. The monoisotopic (exact) mass is 425 g/mol. The number of halogens is 1. The predicted molar refractivity (Wildman–Crippen MR) is 107 cm³/mol. The summed E-state index contributed by atoms with van der Waals surface area (Å²) >= 11 is 3.29. The summed E-state index contributed by atoms with van der Waals surface area (Å²) < 4.78 is 5.90. The van der Waals surface area contributed by atoms with Gasteiger partial charge in [-0.15, -0.1) is 0 Å². The topological polar surface area (TPSA) is 80.3 Å². The molecule has 2 aromatic carbocycles. The van der Waals surface area contributed by atoms with Crippen molar-refractivity contribution in [3.63, 3.8) is 0 Å². The van der Waals surface area contributed by atoms with Gasteiger partial charge in [0.25, 0.3) is 11.8 Å². The van der Waals surface area contributed by atoms with Crippen molar-refractivity contribution in [2.45, 2.75) is 0 Å². The molecule has 0 fully saturated rings. The first-order valence-corrected chi connectivity index (χ1v) is 8.83. The number of nitrogens with one attached hydrogen (secondary N) is 2. The van der Waals surface area contributed by atoms with Crippen LogP contribution in [0.2, 0.25) is 0 Å². The number of benzene rings is 2. The summed E-state index contributed by atoms with van der Waals surface area (Å²) in [5.41, 5.74) is 1.42. The zero-order chi connectivity index (χ0) is 19.2. The minimum Gasteiger partial charge on any atom is -0.497 e. The van der Waals surface area contributed by atoms with Gasteiger partial charge >= 0.3 is 0 Å². The standard InChI is InChI=1S/C20H16BrN3O3/c1-27-17-8-5-13(6-9-17)19(25)23-16-4-2-3-14(11-16)20(26)24-18-10-7-15(21)12-22-18/h2-12H,1H3,(H,23,25)(H,22,24,26). The molecule has 0 atom stereocenters. The van der Waals surface area contributed by atoms with Crippen molar-refractivity contribution in [3.8, 4) is 5.75 Å². The number of anilines is 2. The second kappa shape index (κ2) is 8.46. The minimum atomic E-state index is -0.314. The Balaban J connectivity index is 1.69. The van der Waals surface area contributed by atoms with Crippen LogP contribution in [0.3, 0.4) is 0 Å². The van der Waals surface area contributed by atoms with Crippen molar-refractivity contribution in [1.29, 1.82) is 0 Å². The number of amides is 2. The van der Waals surface area contributed by atoms with Crippen molar-refractivity contribution in [2.24, 2.45) is 0 Å². The first kappa shape index (κ1) is 18.6. The van der Waals surface area contributed by atoms with Gasteiger partial charge in [0.1, 0.15) is 11.6 Å². The summed E-state index contributed by atoms with van der Waals surface area (Å²) in [6.45, 7) is 0. The molecule has 6 nitrogen and oxygen atoms in total. The number of hydrogen-bond donors (Lipinski definition) is 2. The molecule has 0 aliphatic heterocycles. The Morgan fingerprint density at radius 3 is 2.33 bits per heavy atom. The molecule has 1 heterocycles. The van der Waals surface area contributed by atoms with Crippen LogP contribution >= 0.6 is 15.9 Å². The lowest BCUT2D eigenvalue weighted by atomic mass is 10.1.